The van der Waals surface area contributed by atoms with Crippen molar-refractivity contribution in [3.05, 3.63) is 82.1 Å². The topological polar surface area (TPSA) is 69.7 Å². The predicted octanol–water partition coefficient (Wildman–Crippen LogP) is 6.15. The molecule has 0 aliphatic heterocycles. The Morgan fingerprint density at radius 3 is 2.27 bits per heavy atom. The number of rotatable bonds is 6. The van der Waals surface area contributed by atoms with Crippen LogP contribution in [0.3, 0.4) is 0 Å². The van der Waals surface area contributed by atoms with Crippen LogP contribution in [0.15, 0.2) is 60.9 Å². The highest BCUT2D eigenvalue weighted by Crippen LogP contribution is 2.33. The van der Waals surface area contributed by atoms with Crippen LogP contribution in [0.25, 0.3) is 11.8 Å². The Morgan fingerprint density at radius 2 is 1.63 bits per heavy atom. The molecule has 30 heavy (non-hydrogen) atoms. The number of pyridine rings is 1. The lowest BCUT2D eigenvalue weighted by Gasteiger charge is -2.14. The standard InChI is InChI=1S/C22H18Cl2N2O4/c1-28-19-9-8-14(10-21(19)29-2)20(11-16-17(23)12-25-13-18(16)24)30-22(27)26-15-6-4-3-5-7-15/h3-13H,1-2H3,(H,26,27)/b20-11+. The highest BCUT2D eigenvalue weighted by molar-refractivity contribution is 6.37. The predicted molar refractivity (Wildman–Crippen MR) is 118 cm³/mol. The first kappa shape index (κ1) is 21.5. The van der Waals surface area contributed by atoms with Crippen LogP contribution in [-0.2, 0) is 4.74 Å². The summed E-state index contributed by atoms with van der Waals surface area (Å²) in [6.07, 6.45) is 3.80. The fourth-order valence-corrected chi connectivity index (χ4v) is 3.09. The number of nitrogens with one attached hydrogen (secondary N) is 1. The molecule has 1 amide bonds. The van der Waals surface area contributed by atoms with Crippen molar-refractivity contribution in [3.63, 3.8) is 0 Å². The van der Waals surface area contributed by atoms with Gasteiger partial charge in [0.25, 0.3) is 0 Å². The van der Waals surface area contributed by atoms with Crippen molar-refractivity contribution in [2.75, 3.05) is 19.5 Å². The fourth-order valence-electron chi connectivity index (χ4n) is 2.62. The van der Waals surface area contributed by atoms with E-state index in [4.69, 9.17) is 37.4 Å². The van der Waals surface area contributed by atoms with Crippen molar-refractivity contribution in [1.29, 1.82) is 0 Å². The summed E-state index contributed by atoms with van der Waals surface area (Å²) >= 11 is 12.5. The third-order valence-corrected chi connectivity index (χ3v) is 4.66. The number of halogens is 2. The lowest BCUT2D eigenvalue weighted by molar-refractivity contribution is 0.207. The second kappa shape index (κ2) is 10.0. The lowest BCUT2D eigenvalue weighted by Crippen LogP contribution is -2.13. The van der Waals surface area contributed by atoms with Gasteiger partial charge in [0.2, 0.25) is 0 Å². The van der Waals surface area contributed by atoms with Gasteiger partial charge in [0.1, 0.15) is 5.76 Å². The Morgan fingerprint density at radius 1 is 0.967 bits per heavy atom. The molecular weight excluding hydrogens is 427 g/mol. The number of nitrogens with zero attached hydrogens (tertiary/aromatic N) is 1. The Bertz CT molecular complexity index is 1050. The van der Waals surface area contributed by atoms with Gasteiger partial charge in [-0.3, -0.25) is 10.3 Å². The molecule has 2 aromatic carbocycles. The number of anilines is 1. The SMILES string of the molecule is COc1ccc(/C(=C\c2c(Cl)cncc2Cl)OC(=O)Nc2ccccc2)cc1OC. The van der Waals surface area contributed by atoms with Gasteiger partial charge < -0.3 is 14.2 Å². The number of hydrogen-bond donors (Lipinski definition) is 1. The van der Waals surface area contributed by atoms with Gasteiger partial charge >= 0.3 is 6.09 Å². The summed E-state index contributed by atoms with van der Waals surface area (Å²) in [5, 5.41) is 3.30. The Kier molecular flexibility index (Phi) is 7.17. The molecule has 6 nitrogen and oxygen atoms in total. The summed E-state index contributed by atoms with van der Waals surface area (Å²) in [5.74, 6) is 1.22. The third kappa shape index (κ3) is 5.23. The number of carbonyl (C=O) groups is 1. The Hall–Kier alpha value is -3.22. The van der Waals surface area contributed by atoms with Gasteiger partial charge in [0.05, 0.1) is 24.3 Å². The highest BCUT2D eigenvalue weighted by atomic mass is 35.5. The molecule has 1 aromatic heterocycles. The number of carbonyl (C=O) groups excluding carboxylic acids is 1. The van der Waals surface area contributed by atoms with Crippen LogP contribution >= 0.6 is 23.2 Å². The van der Waals surface area contributed by atoms with Crippen LogP contribution in [0.2, 0.25) is 10.0 Å². The molecule has 0 fully saturated rings. The zero-order chi connectivity index (χ0) is 21.5. The number of para-hydroxylation sites is 1. The summed E-state index contributed by atoms with van der Waals surface area (Å²) < 4.78 is 16.2. The normalized spacial score (nSPS) is 11.0. The van der Waals surface area contributed by atoms with Crippen LogP contribution in [0.1, 0.15) is 11.1 Å². The quantitative estimate of drug-likeness (QED) is 0.461. The van der Waals surface area contributed by atoms with Gasteiger partial charge in [-0.05, 0) is 36.4 Å². The van der Waals surface area contributed by atoms with E-state index in [1.54, 1.807) is 48.5 Å². The molecule has 1 heterocycles. The van der Waals surface area contributed by atoms with Crippen molar-refractivity contribution < 1.29 is 19.0 Å². The lowest BCUT2D eigenvalue weighted by atomic mass is 10.1. The molecule has 0 spiro atoms. The molecule has 1 N–H and O–H groups in total. The first-order chi connectivity index (χ1) is 14.5. The molecule has 0 saturated heterocycles. The van der Waals surface area contributed by atoms with E-state index in [9.17, 15) is 4.79 Å². The van der Waals surface area contributed by atoms with E-state index in [1.165, 1.54) is 26.6 Å². The largest absolute Gasteiger partial charge is 0.493 e. The van der Waals surface area contributed by atoms with Crippen LogP contribution in [0, 0.1) is 0 Å². The molecule has 3 rings (SSSR count). The highest BCUT2D eigenvalue weighted by Gasteiger charge is 2.15. The smallest absolute Gasteiger partial charge is 0.417 e. The molecule has 0 aliphatic carbocycles. The van der Waals surface area contributed by atoms with Gasteiger partial charge in [-0.25, -0.2) is 4.79 Å². The summed E-state index contributed by atoms with van der Waals surface area (Å²) in [5.41, 5.74) is 1.61. The second-order valence-corrected chi connectivity index (χ2v) is 6.79. The molecule has 0 atom stereocenters. The van der Waals surface area contributed by atoms with E-state index in [0.29, 0.717) is 38.4 Å². The Labute approximate surface area is 184 Å². The van der Waals surface area contributed by atoms with Crippen molar-refractivity contribution in [3.8, 4) is 11.5 Å². The minimum Gasteiger partial charge on any atom is -0.493 e. The minimum absolute atomic E-state index is 0.208. The summed E-state index contributed by atoms with van der Waals surface area (Å²) in [6, 6.07) is 14.1. The maximum Gasteiger partial charge on any atom is 0.417 e. The molecule has 0 bridgehead atoms. The van der Waals surface area contributed by atoms with E-state index in [1.807, 2.05) is 6.07 Å². The molecule has 0 saturated carbocycles. The number of ether oxygens (including phenoxy) is 3. The fraction of sp³-hybridized carbons (Fsp3) is 0.0909. The summed E-state index contributed by atoms with van der Waals surface area (Å²) in [6.45, 7) is 0. The van der Waals surface area contributed by atoms with Crippen LogP contribution < -0.4 is 14.8 Å². The maximum atomic E-state index is 12.5. The average Bonchev–Trinajstić information content (AvgIpc) is 2.75. The maximum absolute atomic E-state index is 12.5. The number of aromatic nitrogens is 1. The molecule has 8 heteroatoms. The van der Waals surface area contributed by atoms with E-state index >= 15 is 0 Å². The zero-order valence-corrected chi connectivity index (χ0v) is 17.7. The van der Waals surface area contributed by atoms with Crippen LogP contribution in [-0.4, -0.2) is 25.3 Å². The second-order valence-electron chi connectivity index (χ2n) is 5.98. The van der Waals surface area contributed by atoms with Crippen molar-refractivity contribution in [2.45, 2.75) is 0 Å². The van der Waals surface area contributed by atoms with Crippen molar-refractivity contribution in [2.24, 2.45) is 0 Å². The molecule has 0 unspecified atom stereocenters. The van der Waals surface area contributed by atoms with Gasteiger partial charge in [-0.1, -0.05) is 41.4 Å². The number of hydrogen-bond acceptors (Lipinski definition) is 5. The van der Waals surface area contributed by atoms with Gasteiger partial charge in [0.15, 0.2) is 11.5 Å². The Balaban J connectivity index is 2.01. The van der Waals surface area contributed by atoms with Gasteiger partial charge in [-0.15, -0.1) is 0 Å². The van der Waals surface area contributed by atoms with E-state index in [2.05, 4.69) is 10.3 Å². The van der Waals surface area contributed by atoms with Crippen LogP contribution in [0.5, 0.6) is 11.5 Å². The van der Waals surface area contributed by atoms with Gasteiger partial charge in [0, 0.05) is 29.2 Å². The third-order valence-electron chi connectivity index (χ3n) is 4.06. The average molecular weight is 445 g/mol. The minimum atomic E-state index is -0.677. The molecule has 0 radical (unpaired) electrons. The van der Waals surface area contributed by atoms with E-state index in [-0.39, 0.29) is 5.76 Å². The number of amides is 1. The number of methoxy groups -OCH3 is 2. The molecule has 3 aromatic rings. The van der Waals surface area contributed by atoms with Gasteiger partial charge in [-0.2, -0.15) is 0 Å². The zero-order valence-electron chi connectivity index (χ0n) is 16.2. The van der Waals surface area contributed by atoms with E-state index < -0.39 is 6.09 Å². The first-order valence-electron chi connectivity index (χ1n) is 8.78. The van der Waals surface area contributed by atoms with Crippen molar-refractivity contribution in [1.82, 2.24) is 4.98 Å². The summed E-state index contributed by atoms with van der Waals surface area (Å²) in [7, 11) is 3.05. The monoisotopic (exact) mass is 444 g/mol. The van der Waals surface area contributed by atoms with Crippen molar-refractivity contribution >= 4 is 46.8 Å². The summed E-state index contributed by atoms with van der Waals surface area (Å²) in [4.78, 5) is 16.5. The van der Waals surface area contributed by atoms with Crippen LogP contribution in [0.4, 0.5) is 10.5 Å². The number of benzene rings is 2. The molecular formula is C22H18Cl2N2O4. The molecule has 0 aliphatic rings. The van der Waals surface area contributed by atoms with E-state index in [0.717, 1.165) is 0 Å². The molecule has 154 valence electrons. The first-order valence-corrected chi connectivity index (χ1v) is 9.54.